The first-order chi connectivity index (χ1) is 9.78. The fourth-order valence-electron chi connectivity index (χ4n) is 3.02. The van der Waals surface area contributed by atoms with Crippen LogP contribution in [0.25, 0.3) is 0 Å². The van der Waals surface area contributed by atoms with E-state index < -0.39 is 0 Å². The summed E-state index contributed by atoms with van der Waals surface area (Å²) in [5.41, 5.74) is 0. The van der Waals surface area contributed by atoms with Gasteiger partial charge in [-0.2, -0.15) is 11.8 Å². The number of thioether (sulfide) groups is 1. The van der Waals surface area contributed by atoms with Crippen molar-refractivity contribution in [2.75, 3.05) is 41.8 Å². The zero-order chi connectivity index (χ0) is 13.9. The minimum Gasteiger partial charge on any atom is -0.394 e. The molecule has 0 aromatic carbocycles. The molecule has 5 nitrogen and oxygen atoms in total. The van der Waals surface area contributed by atoms with Gasteiger partial charge in [-0.15, -0.1) is 0 Å². The van der Waals surface area contributed by atoms with Crippen molar-refractivity contribution < 1.29 is 5.11 Å². The van der Waals surface area contributed by atoms with Gasteiger partial charge < -0.3 is 14.9 Å². The second-order valence-corrected chi connectivity index (χ2v) is 7.08. The molecule has 0 radical (unpaired) electrons. The van der Waals surface area contributed by atoms with Crippen molar-refractivity contribution in [3.63, 3.8) is 0 Å². The molecule has 1 aromatic rings. The molecule has 3 heterocycles. The minimum atomic E-state index is 0.205. The monoisotopic (exact) mass is 294 g/mol. The number of hydrogen-bond acceptors (Lipinski definition) is 6. The lowest BCUT2D eigenvalue weighted by atomic mass is 10.2. The fraction of sp³-hybridized carbons (Fsp3) is 0.714. The highest BCUT2D eigenvalue weighted by molar-refractivity contribution is 8.00. The van der Waals surface area contributed by atoms with E-state index in [9.17, 15) is 5.11 Å². The van der Waals surface area contributed by atoms with Crippen molar-refractivity contribution in [3.8, 4) is 0 Å². The molecule has 1 aromatic heterocycles. The van der Waals surface area contributed by atoms with Crippen LogP contribution in [-0.2, 0) is 0 Å². The van der Waals surface area contributed by atoms with E-state index in [0.29, 0.717) is 5.25 Å². The average Bonchev–Trinajstić information content (AvgIpc) is 2.96. The van der Waals surface area contributed by atoms with Gasteiger partial charge in [0.05, 0.1) is 12.6 Å². The summed E-state index contributed by atoms with van der Waals surface area (Å²) in [5, 5.41) is 10.1. The Morgan fingerprint density at radius 3 is 3.00 bits per heavy atom. The second-order valence-electron chi connectivity index (χ2n) is 5.53. The van der Waals surface area contributed by atoms with Crippen LogP contribution >= 0.6 is 11.8 Å². The molecule has 0 unspecified atom stereocenters. The molecule has 6 heteroatoms. The molecule has 0 amide bonds. The van der Waals surface area contributed by atoms with Gasteiger partial charge in [0.15, 0.2) is 0 Å². The standard InChI is InChI=1S/C14H22N4OS/c1-11-8-17(5-6-20-11)13-7-14(16-10-15-13)18-4-2-3-12(18)9-19/h7,10-12,19H,2-6,8-9H2,1H3/t11-,12-/m1/s1. The molecule has 0 spiro atoms. The molecule has 0 bridgehead atoms. The molecule has 3 rings (SSSR count). The largest absolute Gasteiger partial charge is 0.394 e. The molecule has 2 atom stereocenters. The molecule has 2 fully saturated rings. The maximum absolute atomic E-state index is 9.45. The van der Waals surface area contributed by atoms with E-state index in [1.165, 1.54) is 0 Å². The van der Waals surface area contributed by atoms with Crippen LogP contribution < -0.4 is 9.80 Å². The van der Waals surface area contributed by atoms with Gasteiger partial charge in [0.25, 0.3) is 0 Å². The van der Waals surface area contributed by atoms with E-state index >= 15 is 0 Å². The Morgan fingerprint density at radius 2 is 2.20 bits per heavy atom. The maximum Gasteiger partial charge on any atom is 0.134 e. The molecule has 20 heavy (non-hydrogen) atoms. The lowest BCUT2D eigenvalue weighted by Gasteiger charge is -2.32. The van der Waals surface area contributed by atoms with Gasteiger partial charge in [0.2, 0.25) is 0 Å². The highest BCUT2D eigenvalue weighted by Crippen LogP contribution is 2.27. The van der Waals surface area contributed by atoms with Gasteiger partial charge in [-0.05, 0) is 12.8 Å². The Labute approximate surface area is 124 Å². The molecule has 0 saturated carbocycles. The maximum atomic E-state index is 9.45. The normalized spacial score (nSPS) is 27.1. The number of aliphatic hydroxyl groups excluding tert-OH is 1. The number of nitrogens with zero attached hydrogens (tertiary/aromatic N) is 4. The molecular weight excluding hydrogens is 272 g/mol. The summed E-state index contributed by atoms with van der Waals surface area (Å²) in [5.74, 6) is 3.13. The topological polar surface area (TPSA) is 52.5 Å². The van der Waals surface area contributed by atoms with Crippen LogP contribution in [0.4, 0.5) is 11.6 Å². The van der Waals surface area contributed by atoms with Crippen LogP contribution in [0.1, 0.15) is 19.8 Å². The second kappa shape index (κ2) is 6.18. The fourth-order valence-corrected chi connectivity index (χ4v) is 4.03. The van der Waals surface area contributed by atoms with Crippen LogP contribution in [0.5, 0.6) is 0 Å². The summed E-state index contributed by atoms with van der Waals surface area (Å²) in [6, 6.07) is 2.30. The minimum absolute atomic E-state index is 0.205. The Hall–Kier alpha value is -1.01. The van der Waals surface area contributed by atoms with E-state index in [1.807, 2.05) is 11.8 Å². The van der Waals surface area contributed by atoms with Gasteiger partial charge in [0.1, 0.15) is 18.0 Å². The Bertz CT molecular complexity index is 459. The van der Waals surface area contributed by atoms with Gasteiger partial charge in [-0.1, -0.05) is 6.92 Å². The quantitative estimate of drug-likeness (QED) is 0.909. The summed E-state index contributed by atoms with van der Waals surface area (Å²) in [6.07, 6.45) is 3.83. The average molecular weight is 294 g/mol. The zero-order valence-electron chi connectivity index (χ0n) is 11.9. The van der Waals surface area contributed by atoms with Crippen LogP contribution in [0.3, 0.4) is 0 Å². The molecule has 1 N–H and O–H groups in total. The van der Waals surface area contributed by atoms with Gasteiger partial charge in [-0.3, -0.25) is 0 Å². The van der Waals surface area contributed by atoms with Crippen molar-refractivity contribution >= 4 is 23.4 Å². The van der Waals surface area contributed by atoms with E-state index in [1.54, 1.807) is 6.33 Å². The molecule has 2 aliphatic rings. The molecule has 110 valence electrons. The molecule has 0 aliphatic carbocycles. The summed E-state index contributed by atoms with van der Waals surface area (Å²) in [6.45, 7) is 5.55. The van der Waals surface area contributed by atoms with Crippen LogP contribution in [-0.4, -0.2) is 58.4 Å². The SMILES string of the molecule is C[C@@H]1CN(c2cc(N3CCC[C@@H]3CO)ncn2)CCS1. The smallest absolute Gasteiger partial charge is 0.134 e. The number of anilines is 2. The van der Waals surface area contributed by atoms with E-state index in [4.69, 9.17) is 0 Å². The summed E-state index contributed by atoms with van der Waals surface area (Å²) >= 11 is 2.02. The first kappa shape index (κ1) is 13.9. The van der Waals surface area contributed by atoms with Crippen LogP contribution in [0.15, 0.2) is 12.4 Å². The van der Waals surface area contributed by atoms with Crippen molar-refractivity contribution in [3.05, 3.63) is 12.4 Å². The van der Waals surface area contributed by atoms with Crippen molar-refractivity contribution in [2.24, 2.45) is 0 Å². The van der Waals surface area contributed by atoms with Gasteiger partial charge in [0, 0.05) is 36.7 Å². The first-order valence-electron chi connectivity index (χ1n) is 7.34. The number of hydrogen-bond donors (Lipinski definition) is 1. The third-order valence-electron chi connectivity index (χ3n) is 4.09. The van der Waals surface area contributed by atoms with Crippen LogP contribution in [0, 0.1) is 0 Å². The Balaban J connectivity index is 1.78. The highest BCUT2D eigenvalue weighted by Gasteiger charge is 2.26. The Morgan fingerprint density at radius 1 is 1.35 bits per heavy atom. The zero-order valence-corrected chi connectivity index (χ0v) is 12.7. The van der Waals surface area contributed by atoms with Crippen molar-refractivity contribution in [1.29, 1.82) is 0 Å². The number of aliphatic hydroxyl groups is 1. The lowest BCUT2D eigenvalue weighted by molar-refractivity contribution is 0.266. The predicted octanol–water partition coefficient (Wildman–Crippen LogP) is 1.38. The van der Waals surface area contributed by atoms with Gasteiger partial charge in [-0.25, -0.2) is 9.97 Å². The van der Waals surface area contributed by atoms with E-state index in [2.05, 4.69) is 32.8 Å². The third-order valence-corrected chi connectivity index (χ3v) is 5.22. The van der Waals surface area contributed by atoms with Crippen LogP contribution in [0.2, 0.25) is 0 Å². The molecule has 2 saturated heterocycles. The van der Waals surface area contributed by atoms with E-state index in [0.717, 1.165) is 49.9 Å². The first-order valence-corrected chi connectivity index (χ1v) is 8.39. The third kappa shape index (κ3) is 2.86. The predicted molar refractivity (Wildman–Crippen MR) is 83.6 cm³/mol. The summed E-state index contributed by atoms with van der Waals surface area (Å²) < 4.78 is 0. The number of aromatic nitrogens is 2. The lowest BCUT2D eigenvalue weighted by Crippen LogP contribution is -2.37. The molecular formula is C14H22N4OS. The Kier molecular flexibility index (Phi) is 4.31. The summed E-state index contributed by atoms with van der Waals surface area (Å²) in [4.78, 5) is 13.4. The molecule has 2 aliphatic heterocycles. The number of rotatable bonds is 3. The highest BCUT2D eigenvalue weighted by atomic mass is 32.2. The van der Waals surface area contributed by atoms with Gasteiger partial charge >= 0.3 is 0 Å². The van der Waals surface area contributed by atoms with Crippen molar-refractivity contribution in [1.82, 2.24) is 9.97 Å². The van der Waals surface area contributed by atoms with E-state index in [-0.39, 0.29) is 12.6 Å². The van der Waals surface area contributed by atoms with Crippen molar-refractivity contribution in [2.45, 2.75) is 31.1 Å². The summed E-state index contributed by atoms with van der Waals surface area (Å²) in [7, 11) is 0.